The third-order valence-corrected chi connectivity index (χ3v) is 15.0. The van der Waals surface area contributed by atoms with Gasteiger partial charge in [-0.1, -0.05) is 76.5 Å². The number of likely N-dealkylation sites (tertiary alicyclic amines) is 1. The first-order valence-corrected chi connectivity index (χ1v) is 17.5. The predicted octanol–water partition coefficient (Wildman–Crippen LogP) is 4.29. The van der Waals surface area contributed by atoms with Crippen LogP contribution in [0, 0.1) is 0 Å². The summed E-state index contributed by atoms with van der Waals surface area (Å²) in [5, 5.41) is 0.363. The Morgan fingerprint density at radius 1 is 1.04 bits per heavy atom. The van der Waals surface area contributed by atoms with Crippen molar-refractivity contribution in [1.29, 1.82) is 0 Å². The lowest BCUT2D eigenvalue weighted by molar-refractivity contribution is -0.158. The topological polar surface area (TPSA) is 49.9 Å². The van der Waals surface area contributed by atoms with E-state index in [1.54, 1.807) is 4.90 Å². The highest BCUT2D eigenvalue weighted by atomic mass is 28.4. The zero-order valence-electron chi connectivity index (χ0n) is 18.2. The number of carbonyl (C=O) groups excluding carboxylic acids is 2. The second kappa shape index (κ2) is 7.33. The number of rotatable bonds is 6. The van der Waals surface area contributed by atoms with E-state index in [1.807, 2.05) is 30.3 Å². The van der Waals surface area contributed by atoms with E-state index in [0.717, 1.165) is 12.0 Å². The zero-order valence-corrected chi connectivity index (χ0v) is 20.2. The molecule has 2 aliphatic rings. The molecule has 2 fully saturated rings. The third-order valence-electron chi connectivity index (χ3n) is 5.96. The van der Waals surface area contributed by atoms with Crippen LogP contribution in [0.1, 0.15) is 24.9 Å². The Morgan fingerprint density at radius 2 is 1.61 bits per heavy atom. The number of ether oxygens (including phenoxy) is 1. The number of cyclic esters (lactones) is 1. The highest BCUT2D eigenvalue weighted by Gasteiger charge is 2.60. The van der Waals surface area contributed by atoms with Crippen molar-refractivity contribution in [3.63, 3.8) is 0 Å². The largest absolute Gasteiger partial charge is 0.447 e. The number of hydrogen-bond acceptors (Lipinski definition) is 3. The number of carbonyl (C=O) groups is 2. The molecule has 5 nitrogen and oxygen atoms in total. The minimum absolute atomic E-state index is 0.0767. The second-order valence-corrected chi connectivity index (χ2v) is 21.3. The molecule has 2 heterocycles. The number of benzene rings is 1. The fraction of sp³-hybridized carbons (Fsp3) is 0.619. The van der Waals surface area contributed by atoms with E-state index in [1.165, 1.54) is 0 Å². The average molecular weight is 419 g/mol. The third kappa shape index (κ3) is 3.54. The van der Waals surface area contributed by atoms with Crippen molar-refractivity contribution in [2.24, 2.45) is 0 Å². The molecule has 154 valence electrons. The molecule has 0 spiro atoms. The van der Waals surface area contributed by atoms with Crippen LogP contribution in [0.15, 0.2) is 30.3 Å². The molecule has 2 aliphatic heterocycles. The smallest absolute Gasteiger partial charge is 0.411 e. The maximum Gasteiger partial charge on any atom is 0.411 e. The Bertz CT molecular complexity index is 728. The minimum Gasteiger partial charge on any atom is -0.447 e. The summed E-state index contributed by atoms with van der Waals surface area (Å²) in [6.45, 7) is 16.6. The van der Waals surface area contributed by atoms with Crippen LogP contribution >= 0.6 is 0 Å². The first-order valence-electron chi connectivity index (χ1n) is 10.3. The minimum atomic E-state index is -1.59. The highest BCUT2D eigenvalue weighted by molar-refractivity contribution is 6.96. The van der Waals surface area contributed by atoms with Crippen molar-refractivity contribution in [3.05, 3.63) is 35.9 Å². The van der Waals surface area contributed by atoms with Crippen LogP contribution in [-0.2, 0) is 9.53 Å². The van der Waals surface area contributed by atoms with Crippen molar-refractivity contribution >= 4 is 28.1 Å². The molecule has 2 saturated heterocycles. The van der Waals surface area contributed by atoms with E-state index in [-0.39, 0.29) is 24.1 Å². The van der Waals surface area contributed by atoms with Crippen LogP contribution in [-0.4, -0.2) is 61.9 Å². The summed E-state index contributed by atoms with van der Waals surface area (Å²) in [4.78, 5) is 30.0. The van der Waals surface area contributed by atoms with Gasteiger partial charge in [-0.05, 0) is 12.0 Å². The number of nitrogens with zero attached hydrogens (tertiary/aromatic N) is 2. The van der Waals surface area contributed by atoms with Gasteiger partial charge in [-0.15, -0.1) is 0 Å². The first-order chi connectivity index (χ1) is 13.0. The second-order valence-electron chi connectivity index (χ2n) is 10.2. The number of amides is 2. The van der Waals surface area contributed by atoms with Gasteiger partial charge in [0, 0.05) is 5.29 Å². The monoisotopic (exact) mass is 418 g/mol. The molecule has 7 heteroatoms. The molecule has 0 radical (unpaired) electrons. The molecule has 28 heavy (non-hydrogen) atoms. The summed E-state index contributed by atoms with van der Waals surface area (Å²) in [6.07, 6.45) is 0.496. The molecule has 2 amide bonds. The number of β-lactam (4-membered cyclic amide) rings is 1. The van der Waals surface area contributed by atoms with Crippen LogP contribution in [0.2, 0.25) is 39.3 Å². The maximum absolute atomic E-state index is 13.5. The summed E-state index contributed by atoms with van der Waals surface area (Å²) in [5.41, 5.74) is 1.03. The Kier molecular flexibility index (Phi) is 5.53. The molecule has 1 aromatic carbocycles. The fourth-order valence-electron chi connectivity index (χ4n) is 5.40. The quantitative estimate of drug-likeness (QED) is 0.511. The Labute approximate surface area is 171 Å². The molecule has 1 aromatic rings. The molecule has 0 aliphatic carbocycles. The lowest BCUT2D eigenvalue weighted by Crippen LogP contribution is -2.79. The summed E-state index contributed by atoms with van der Waals surface area (Å²) >= 11 is 0. The van der Waals surface area contributed by atoms with E-state index in [2.05, 4.69) is 51.1 Å². The van der Waals surface area contributed by atoms with Crippen LogP contribution in [0.5, 0.6) is 0 Å². The lowest BCUT2D eigenvalue weighted by Gasteiger charge is -2.59. The van der Waals surface area contributed by atoms with Gasteiger partial charge in [0.15, 0.2) is 0 Å². The van der Waals surface area contributed by atoms with E-state index < -0.39 is 22.2 Å². The van der Waals surface area contributed by atoms with Crippen molar-refractivity contribution in [2.45, 2.75) is 76.0 Å². The van der Waals surface area contributed by atoms with Crippen molar-refractivity contribution in [2.75, 3.05) is 6.61 Å². The van der Waals surface area contributed by atoms with Gasteiger partial charge in [0.25, 0.3) is 0 Å². The summed E-state index contributed by atoms with van der Waals surface area (Å²) in [5.74, 6) is 0.112. The molecule has 0 bridgehead atoms. The van der Waals surface area contributed by atoms with Gasteiger partial charge in [-0.2, -0.15) is 0 Å². The molecule has 0 unspecified atom stereocenters. The predicted molar refractivity (Wildman–Crippen MR) is 118 cm³/mol. The van der Waals surface area contributed by atoms with Crippen molar-refractivity contribution in [3.8, 4) is 0 Å². The van der Waals surface area contributed by atoms with Gasteiger partial charge < -0.3 is 9.64 Å². The Balaban J connectivity index is 1.93. The lowest BCUT2D eigenvalue weighted by atomic mass is 9.90. The van der Waals surface area contributed by atoms with Crippen LogP contribution in [0.3, 0.4) is 0 Å². The van der Waals surface area contributed by atoms with Crippen molar-refractivity contribution < 1.29 is 14.3 Å². The molecular formula is C21H34N2O3Si2. The summed E-state index contributed by atoms with van der Waals surface area (Å²) in [6, 6.07) is 9.40. The maximum atomic E-state index is 13.5. The SMILES string of the molecule is CC[C@@H]1[C@H](N2C(=O)OC[C@@H]2c2ccccc2)C(=O)N1C([Si](C)(C)C)[Si](C)(C)C. The number of hydrogen-bond donors (Lipinski definition) is 0. The zero-order chi connectivity index (χ0) is 20.9. The molecular weight excluding hydrogens is 384 g/mol. The van der Waals surface area contributed by atoms with Crippen LogP contribution in [0.25, 0.3) is 0 Å². The molecule has 3 rings (SSSR count). The Morgan fingerprint density at radius 3 is 2.11 bits per heavy atom. The van der Waals surface area contributed by atoms with Gasteiger partial charge in [-0.25, -0.2) is 4.79 Å². The van der Waals surface area contributed by atoms with Crippen molar-refractivity contribution in [1.82, 2.24) is 9.80 Å². The van der Waals surface area contributed by atoms with Gasteiger partial charge in [0.05, 0.1) is 28.2 Å². The summed E-state index contributed by atoms with van der Waals surface area (Å²) < 4.78 is 5.39. The highest BCUT2D eigenvalue weighted by Crippen LogP contribution is 2.41. The first kappa shape index (κ1) is 21.1. The summed E-state index contributed by atoms with van der Waals surface area (Å²) in [7, 11) is -3.18. The van der Waals surface area contributed by atoms with E-state index in [4.69, 9.17) is 4.74 Å². The van der Waals surface area contributed by atoms with Gasteiger partial charge in [-0.3, -0.25) is 9.69 Å². The van der Waals surface area contributed by atoms with E-state index in [9.17, 15) is 9.59 Å². The molecule has 0 aromatic heterocycles. The van der Waals surface area contributed by atoms with Gasteiger partial charge in [0.1, 0.15) is 12.6 Å². The van der Waals surface area contributed by atoms with Gasteiger partial charge >= 0.3 is 6.09 Å². The fourth-order valence-corrected chi connectivity index (χ4v) is 18.1. The Hall–Kier alpha value is -1.61. The molecule has 0 N–H and O–H groups in total. The normalized spacial score (nSPS) is 25.9. The van der Waals surface area contributed by atoms with Crippen LogP contribution < -0.4 is 0 Å². The van der Waals surface area contributed by atoms with Crippen LogP contribution in [0.4, 0.5) is 4.79 Å². The van der Waals surface area contributed by atoms with E-state index >= 15 is 0 Å². The molecule has 0 saturated carbocycles. The van der Waals surface area contributed by atoms with E-state index in [0.29, 0.717) is 11.9 Å². The standard InChI is InChI=1S/C21H34N2O3Si2/c1-8-16-18(19(24)23(16)21(27(2,3)4)28(5,6)7)22-17(14-26-20(22)25)15-12-10-9-11-13-15/h9-13,16-18,21H,8,14H2,1-7H3/t16-,17-,18+/m1/s1. The average Bonchev–Trinajstić information content (AvgIpc) is 2.96. The molecule has 3 atom stereocenters. The van der Waals surface area contributed by atoms with Gasteiger partial charge in [0.2, 0.25) is 5.91 Å².